The van der Waals surface area contributed by atoms with Crippen LogP contribution in [0, 0.1) is 17.7 Å². The molecule has 2 rings (SSSR count). The standard InChI is InChI=1S/C17H21ClFNO3/c1-10-5-3-8-14(11(10)2)20-15(21)9-23-17(22)16-12(18)6-4-7-13(16)19/h4,6-7,10-11,14H,3,5,8-9H2,1-2H3,(H,20,21)/t10-,11-,14+/m1/s1. The highest BCUT2D eigenvalue weighted by Gasteiger charge is 2.28. The Bertz CT molecular complexity index is 573. The molecule has 1 aromatic rings. The van der Waals surface area contributed by atoms with Gasteiger partial charge in [0.15, 0.2) is 6.61 Å². The number of hydrogen-bond acceptors (Lipinski definition) is 3. The van der Waals surface area contributed by atoms with Crippen LogP contribution in [0.25, 0.3) is 0 Å². The summed E-state index contributed by atoms with van der Waals surface area (Å²) in [5.74, 6) is -1.15. The van der Waals surface area contributed by atoms with Gasteiger partial charge in [0, 0.05) is 6.04 Å². The van der Waals surface area contributed by atoms with Gasteiger partial charge in [-0.3, -0.25) is 4.79 Å². The Balaban J connectivity index is 1.88. The Morgan fingerprint density at radius 3 is 2.78 bits per heavy atom. The molecule has 0 heterocycles. The van der Waals surface area contributed by atoms with Crippen LogP contribution in [0.3, 0.4) is 0 Å². The molecule has 0 radical (unpaired) electrons. The summed E-state index contributed by atoms with van der Waals surface area (Å²) in [6.07, 6.45) is 3.15. The third kappa shape index (κ3) is 4.44. The molecule has 1 aromatic carbocycles. The number of carbonyl (C=O) groups is 2. The minimum atomic E-state index is -0.937. The van der Waals surface area contributed by atoms with E-state index in [2.05, 4.69) is 19.2 Å². The van der Waals surface area contributed by atoms with Crippen molar-refractivity contribution in [2.24, 2.45) is 11.8 Å². The second kappa shape index (κ2) is 7.77. The number of amides is 1. The monoisotopic (exact) mass is 341 g/mol. The molecule has 1 fully saturated rings. The lowest BCUT2D eigenvalue weighted by molar-refractivity contribution is -0.125. The molecule has 1 amide bonds. The van der Waals surface area contributed by atoms with E-state index in [1.54, 1.807) is 0 Å². The van der Waals surface area contributed by atoms with E-state index in [0.29, 0.717) is 11.8 Å². The molecule has 1 saturated carbocycles. The van der Waals surface area contributed by atoms with E-state index in [1.807, 2.05) is 0 Å². The second-order valence-electron chi connectivity index (χ2n) is 6.11. The highest BCUT2D eigenvalue weighted by molar-refractivity contribution is 6.33. The van der Waals surface area contributed by atoms with Gasteiger partial charge >= 0.3 is 5.97 Å². The normalized spacial score (nSPS) is 24.1. The van der Waals surface area contributed by atoms with Gasteiger partial charge in [0.25, 0.3) is 5.91 Å². The molecule has 3 atom stereocenters. The molecule has 23 heavy (non-hydrogen) atoms. The third-order valence-corrected chi connectivity index (χ3v) is 4.87. The van der Waals surface area contributed by atoms with Gasteiger partial charge in [-0.2, -0.15) is 0 Å². The molecule has 126 valence electrons. The zero-order valence-electron chi connectivity index (χ0n) is 13.3. The average molecular weight is 342 g/mol. The Hall–Kier alpha value is -1.62. The summed E-state index contributed by atoms with van der Waals surface area (Å²) in [7, 11) is 0. The molecule has 6 heteroatoms. The number of benzene rings is 1. The van der Waals surface area contributed by atoms with Gasteiger partial charge in [0.2, 0.25) is 0 Å². The molecule has 1 aliphatic carbocycles. The maximum Gasteiger partial charge on any atom is 0.343 e. The number of esters is 1. The van der Waals surface area contributed by atoms with Gasteiger partial charge in [-0.1, -0.05) is 44.4 Å². The first-order chi connectivity index (χ1) is 10.9. The summed E-state index contributed by atoms with van der Waals surface area (Å²) in [5, 5.41) is 2.86. The largest absolute Gasteiger partial charge is 0.452 e. The van der Waals surface area contributed by atoms with Crippen molar-refractivity contribution in [1.82, 2.24) is 5.32 Å². The minimum Gasteiger partial charge on any atom is -0.452 e. The lowest BCUT2D eigenvalue weighted by Gasteiger charge is -2.34. The van der Waals surface area contributed by atoms with Crippen LogP contribution in [-0.2, 0) is 9.53 Å². The van der Waals surface area contributed by atoms with Crippen molar-refractivity contribution in [3.8, 4) is 0 Å². The first kappa shape index (κ1) is 17.7. The van der Waals surface area contributed by atoms with Crippen molar-refractivity contribution < 1.29 is 18.7 Å². The average Bonchev–Trinajstić information content (AvgIpc) is 2.49. The molecule has 1 N–H and O–H groups in total. The van der Waals surface area contributed by atoms with E-state index >= 15 is 0 Å². The molecular weight excluding hydrogens is 321 g/mol. The fourth-order valence-electron chi connectivity index (χ4n) is 2.93. The highest BCUT2D eigenvalue weighted by atomic mass is 35.5. The summed E-state index contributed by atoms with van der Waals surface area (Å²) in [5.41, 5.74) is -0.346. The Morgan fingerprint density at radius 1 is 1.35 bits per heavy atom. The van der Waals surface area contributed by atoms with Crippen LogP contribution in [0.5, 0.6) is 0 Å². The molecule has 1 aliphatic rings. The van der Waals surface area contributed by atoms with E-state index in [9.17, 15) is 14.0 Å². The second-order valence-corrected chi connectivity index (χ2v) is 6.52. The fraction of sp³-hybridized carbons (Fsp3) is 0.529. The van der Waals surface area contributed by atoms with Gasteiger partial charge in [0.1, 0.15) is 11.4 Å². The maximum absolute atomic E-state index is 13.6. The number of carbonyl (C=O) groups excluding carboxylic acids is 2. The van der Waals surface area contributed by atoms with Crippen LogP contribution < -0.4 is 5.32 Å². The van der Waals surface area contributed by atoms with E-state index in [1.165, 1.54) is 12.1 Å². The van der Waals surface area contributed by atoms with Gasteiger partial charge in [-0.05, 0) is 30.4 Å². The van der Waals surface area contributed by atoms with Crippen LogP contribution >= 0.6 is 11.6 Å². The maximum atomic E-state index is 13.6. The topological polar surface area (TPSA) is 55.4 Å². The molecule has 0 aliphatic heterocycles. The predicted octanol–water partition coefficient (Wildman–Crippen LogP) is 3.58. The van der Waals surface area contributed by atoms with Crippen molar-refractivity contribution in [3.63, 3.8) is 0 Å². The van der Waals surface area contributed by atoms with Crippen LogP contribution in [0.4, 0.5) is 4.39 Å². The molecule has 0 spiro atoms. The zero-order chi connectivity index (χ0) is 17.0. The summed E-state index contributed by atoms with van der Waals surface area (Å²) in [4.78, 5) is 23.8. The van der Waals surface area contributed by atoms with Crippen molar-refractivity contribution in [2.45, 2.75) is 39.2 Å². The van der Waals surface area contributed by atoms with Crippen LogP contribution in [0.1, 0.15) is 43.5 Å². The van der Waals surface area contributed by atoms with Gasteiger partial charge in [0.05, 0.1) is 5.02 Å². The van der Waals surface area contributed by atoms with E-state index in [4.69, 9.17) is 16.3 Å². The summed E-state index contributed by atoms with van der Waals surface area (Å²) < 4.78 is 18.5. The van der Waals surface area contributed by atoms with Gasteiger partial charge in [-0.25, -0.2) is 9.18 Å². The quantitative estimate of drug-likeness (QED) is 0.852. The summed E-state index contributed by atoms with van der Waals surface area (Å²) in [6, 6.07) is 3.99. The highest BCUT2D eigenvalue weighted by Crippen LogP contribution is 2.29. The molecular formula is C17H21ClFNO3. The third-order valence-electron chi connectivity index (χ3n) is 4.55. The number of hydrogen-bond donors (Lipinski definition) is 1. The summed E-state index contributed by atoms with van der Waals surface area (Å²) >= 11 is 5.79. The van der Waals surface area contributed by atoms with Crippen LogP contribution in [0.15, 0.2) is 18.2 Å². The first-order valence-electron chi connectivity index (χ1n) is 7.80. The molecule has 4 nitrogen and oxygen atoms in total. The van der Waals surface area contributed by atoms with Gasteiger partial charge in [-0.15, -0.1) is 0 Å². The van der Waals surface area contributed by atoms with E-state index in [0.717, 1.165) is 25.3 Å². The smallest absolute Gasteiger partial charge is 0.343 e. The summed E-state index contributed by atoms with van der Waals surface area (Å²) in [6.45, 7) is 3.84. The number of ether oxygens (including phenoxy) is 1. The van der Waals surface area contributed by atoms with E-state index < -0.39 is 18.4 Å². The van der Waals surface area contributed by atoms with Crippen LogP contribution in [-0.4, -0.2) is 24.5 Å². The van der Waals surface area contributed by atoms with Crippen molar-refractivity contribution >= 4 is 23.5 Å². The van der Waals surface area contributed by atoms with Crippen molar-refractivity contribution in [2.75, 3.05) is 6.61 Å². The van der Waals surface area contributed by atoms with E-state index in [-0.39, 0.29) is 22.5 Å². The molecule has 0 aromatic heterocycles. The lowest BCUT2D eigenvalue weighted by Crippen LogP contribution is -2.45. The minimum absolute atomic E-state index is 0.0369. The number of nitrogens with one attached hydrogen (secondary N) is 1. The Kier molecular flexibility index (Phi) is 5.99. The zero-order valence-corrected chi connectivity index (χ0v) is 14.0. The molecule has 0 saturated heterocycles. The predicted molar refractivity (Wildman–Crippen MR) is 85.8 cm³/mol. The van der Waals surface area contributed by atoms with Crippen LogP contribution in [0.2, 0.25) is 5.02 Å². The van der Waals surface area contributed by atoms with Crippen molar-refractivity contribution in [3.05, 3.63) is 34.6 Å². The van der Waals surface area contributed by atoms with Crippen molar-refractivity contribution in [1.29, 1.82) is 0 Å². The Morgan fingerprint density at radius 2 is 2.09 bits per heavy atom. The first-order valence-corrected chi connectivity index (χ1v) is 8.18. The lowest BCUT2D eigenvalue weighted by atomic mass is 9.78. The number of rotatable bonds is 4. The molecule has 0 unspecified atom stereocenters. The molecule has 0 bridgehead atoms. The SMILES string of the molecule is C[C@@H]1[C@H](C)CCC[C@@H]1NC(=O)COC(=O)c1c(F)cccc1Cl. The Labute approximate surface area is 140 Å². The van der Waals surface area contributed by atoms with Gasteiger partial charge < -0.3 is 10.1 Å². The fourth-order valence-corrected chi connectivity index (χ4v) is 3.17. The number of halogens is 2.